The van der Waals surface area contributed by atoms with Crippen molar-refractivity contribution < 1.29 is 14.6 Å². The first kappa shape index (κ1) is 13.8. The van der Waals surface area contributed by atoms with Gasteiger partial charge in [0.05, 0.1) is 12.2 Å². The smallest absolute Gasteiger partial charge is 0.260 e. The number of aliphatic hydroxyl groups excluding tert-OH is 1. The molecule has 0 aliphatic carbocycles. The number of rotatable bonds is 3. The number of hydrogen-bond donors (Lipinski definition) is 3. The molecule has 0 radical (unpaired) electrons. The average Bonchev–Trinajstić information content (AvgIpc) is 3.12. The van der Waals surface area contributed by atoms with Crippen LogP contribution in [0.5, 0.6) is 0 Å². The van der Waals surface area contributed by atoms with Crippen molar-refractivity contribution in [2.75, 3.05) is 23.8 Å². The highest BCUT2D eigenvalue weighted by molar-refractivity contribution is 6.36. The first-order valence-corrected chi connectivity index (χ1v) is 7.54. The predicted octanol–water partition coefficient (Wildman–Crippen LogP) is 2.44. The van der Waals surface area contributed by atoms with Crippen molar-refractivity contribution in [1.29, 1.82) is 0 Å². The Bertz CT molecular complexity index is 827. The van der Waals surface area contributed by atoms with Crippen LogP contribution in [0.2, 0.25) is 0 Å². The quantitative estimate of drug-likeness (QED) is 0.762. The Morgan fingerprint density at radius 1 is 1.17 bits per heavy atom. The fraction of sp³-hybridized carbons (Fsp3) is 0.167. The van der Waals surface area contributed by atoms with Gasteiger partial charge in [0.2, 0.25) is 0 Å². The molecule has 0 fully saturated rings. The topological polar surface area (TPSA) is 70.6 Å². The molecule has 1 amide bonds. The first-order chi connectivity index (χ1) is 11.3. The third kappa shape index (κ3) is 2.26. The van der Waals surface area contributed by atoms with E-state index in [4.69, 9.17) is 9.84 Å². The lowest BCUT2D eigenvalue weighted by Crippen LogP contribution is -2.06. The summed E-state index contributed by atoms with van der Waals surface area (Å²) in [4.78, 5) is 12.3. The summed E-state index contributed by atoms with van der Waals surface area (Å²) < 4.78 is 5.84. The van der Waals surface area contributed by atoms with Crippen molar-refractivity contribution in [3.63, 3.8) is 0 Å². The van der Waals surface area contributed by atoms with Crippen molar-refractivity contribution in [2.45, 2.75) is 6.61 Å². The molecule has 0 unspecified atom stereocenters. The lowest BCUT2D eigenvalue weighted by atomic mass is 10.0. The molecule has 0 bridgehead atoms. The van der Waals surface area contributed by atoms with E-state index in [9.17, 15) is 4.79 Å². The number of benzene rings is 2. The summed E-state index contributed by atoms with van der Waals surface area (Å²) in [5.41, 5.74) is 5.20. The van der Waals surface area contributed by atoms with E-state index in [1.54, 1.807) is 0 Å². The van der Waals surface area contributed by atoms with Crippen LogP contribution in [0.4, 0.5) is 11.4 Å². The van der Waals surface area contributed by atoms with Crippen molar-refractivity contribution >= 4 is 28.6 Å². The first-order valence-electron chi connectivity index (χ1n) is 7.54. The van der Waals surface area contributed by atoms with Crippen LogP contribution in [0, 0.1) is 0 Å². The van der Waals surface area contributed by atoms with E-state index in [2.05, 4.69) is 10.6 Å². The standard InChI is InChI=1S/C18H16N2O3/c21-8-7-19-12-5-6-13-11(9-12)10-23-17(13)16-14-3-1-2-4-15(14)20-18(16)22/h1-6,9,19,21H,7-8,10H2,(H,20,22)/b17-16+. The van der Waals surface area contributed by atoms with E-state index in [1.165, 1.54) is 0 Å². The van der Waals surface area contributed by atoms with Gasteiger partial charge in [-0.1, -0.05) is 18.2 Å². The second-order valence-electron chi connectivity index (χ2n) is 5.51. The molecule has 2 aromatic carbocycles. The molecule has 4 rings (SSSR count). The minimum atomic E-state index is -0.128. The van der Waals surface area contributed by atoms with Gasteiger partial charge in [-0.15, -0.1) is 0 Å². The minimum Gasteiger partial charge on any atom is -0.487 e. The molecule has 116 valence electrons. The highest BCUT2D eigenvalue weighted by Gasteiger charge is 2.32. The largest absolute Gasteiger partial charge is 0.487 e. The minimum absolute atomic E-state index is 0.0832. The van der Waals surface area contributed by atoms with Crippen LogP contribution in [0.15, 0.2) is 42.5 Å². The Morgan fingerprint density at radius 3 is 2.91 bits per heavy atom. The fourth-order valence-corrected chi connectivity index (χ4v) is 3.02. The molecule has 0 saturated carbocycles. The molecule has 5 nitrogen and oxygen atoms in total. The lowest BCUT2D eigenvalue weighted by Gasteiger charge is -2.07. The van der Waals surface area contributed by atoms with Gasteiger partial charge in [0.15, 0.2) is 0 Å². The van der Waals surface area contributed by atoms with Gasteiger partial charge in [0, 0.05) is 34.6 Å². The van der Waals surface area contributed by atoms with Crippen molar-refractivity contribution in [2.24, 2.45) is 0 Å². The average molecular weight is 308 g/mol. The Morgan fingerprint density at radius 2 is 2.04 bits per heavy atom. The van der Waals surface area contributed by atoms with E-state index >= 15 is 0 Å². The summed E-state index contributed by atoms with van der Waals surface area (Å²) in [7, 11) is 0. The number of para-hydroxylation sites is 1. The maximum absolute atomic E-state index is 12.3. The highest BCUT2D eigenvalue weighted by Crippen LogP contribution is 2.41. The van der Waals surface area contributed by atoms with Gasteiger partial charge >= 0.3 is 0 Å². The Balaban J connectivity index is 1.78. The van der Waals surface area contributed by atoms with Crippen LogP contribution < -0.4 is 10.6 Å². The van der Waals surface area contributed by atoms with E-state index in [1.807, 2.05) is 42.5 Å². The van der Waals surface area contributed by atoms with Gasteiger partial charge in [-0.05, 0) is 24.3 Å². The fourth-order valence-electron chi connectivity index (χ4n) is 3.02. The zero-order valence-electron chi connectivity index (χ0n) is 12.4. The summed E-state index contributed by atoms with van der Waals surface area (Å²) >= 11 is 0. The number of anilines is 2. The van der Waals surface area contributed by atoms with Crippen molar-refractivity contribution in [3.05, 3.63) is 59.2 Å². The predicted molar refractivity (Wildman–Crippen MR) is 88.7 cm³/mol. The summed E-state index contributed by atoms with van der Waals surface area (Å²) in [6, 6.07) is 13.5. The third-order valence-electron chi connectivity index (χ3n) is 4.06. The van der Waals surface area contributed by atoms with Gasteiger partial charge in [0.25, 0.3) is 5.91 Å². The van der Waals surface area contributed by atoms with Crippen molar-refractivity contribution in [3.8, 4) is 0 Å². The SMILES string of the molecule is O=C1Nc2ccccc2/C1=C1\OCc2cc(NCCO)ccc21. The van der Waals surface area contributed by atoms with Gasteiger partial charge in [-0.2, -0.15) is 0 Å². The van der Waals surface area contributed by atoms with Crippen LogP contribution in [-0.4, -0.2) is 24.2 Å². The normalized spacial score (nSPS) is 18.2. The molecule has 2 aliphatic rings. The molecule has 0 spiro atoms. The van der Waals surface area contributed by atoms with Crippen LogP contribution >= 0.6 is 0 Å². The number of ether oxygens (including phenoxy) is 1. The summed E-state index contributed by atoms with van der Waals surface area (Å²) in [6.07, 6.45) is 0. The number of carbonyl (C=O) groups is 1. The second-order valence-corrected chi connectivity index (χ2v) is 5.51. The molecule has 23 heavy (non-hydrogen) atoms. The molecule has 2 heterocycles. The molecule has 5 heteroatoms. The van der Waals surface area contributed by atoms with Crippen LogP contribution in [0.25, 0.3) is 11.3 Å². The van der Waals surface area contributed by atoms with Gasteiger partial charge in [-0.3, -0.25) is 4.79 Å². The molecule has 3 N–H and O–H groups in total. The number of fused-ring (bicyclic) bond motifs is 2. The van der Waals surface area contributed by atoms with Crippen LogP contribution in [-0.2, 0) is 16.1 Å². The number of amides is 1. The van der Waals surface area contributed by atoms with Crippen molar-refractivity contribution in [1.82, 2.24) is 0 Å². The zero-order chi connectivity index (χ0) is 15.8. The number of carbonyl (C=O) groups excluding carboxylic acids is 1. The van der Waals surface area contributed by atoms with Gasteiger partial charge in [0.1, 0.15) is 12.4 Å². The van der Waals surface area contributed by atoms with Crippen LogP contribution in [0.3, 0.4) is 0 Å². The lowest BCUT2D eigenvalue weighted by molar-refractivity contribution is -0.110. The molecular weight excluding hydrogens is 292 g/mol. The summed E-state index contributed by atoms with van der Waals surface area (Å²) in [6.45, 7) is 1.03. The zero-order valence-corrected chi connectivity index (χ0v) is 12.4. The number of nitrogens with one attached hydrogen (secondary N) is 2. The molecule has 0 aromatic heterocycles. The molecular formula is C18H16N2O3. The van der Waals surface area contributed by atoms with Crippen LogP contribution in [0.1, 0.15) is 16.7 Å². The Kier molecular flexibility index (Phi) is 3.28. The summed E-state index contributed by atoms with van der Waals surface area (Å²) in [5.74, 6) is 0.507. The van der Waals surface area contributed by atoms with Gasteiger partial charge in [-0.25, -0.2) is 0 Å². The summed E-state index contributed by atoms with van der Waals surface area (Å²) in [5, 5.41) is 14.9. The maximum Gasteiger partial charge on any atom is 0.260 e. The molecule has 0 saturated heterocycles. The van der Waals surface area contributed by atoms with E-state index in [0.29, 0.717) is 24.5 Å². The van der Waals surface area contributed by atoms with Gasteiger partial charge < -0.3 is 20.5 Å². The Hall–Kier alpha value is -2.79. The van der Waals surface area contributed by atoms with E-state index in [0.717, 1.165) is 28.1 Å². The van der Waals surface area contributed by atoms with E-state index in [-0.39, 0.29) is 12.5 Å². The highest BCUT2D eigenvalue weighted by atomic mass is 16.5. The number of aliphatic hydroxyl groups is 1. The number of hydrogen-bond acceptors (Lipinski definition) is 4. The van der Waals surface area contributed by atoms with E-state index < -0.39 is 0 Å². The monoisotopic (exact) mass is 308 g/mol. The second kappa shape index (κ2) is 5.44. The maximum atomic E-state index is 12.3. The molecule has 0 atom stereocenters. The molecule has 2 aromatic rings. The Labute approximate surface area is 133 Å². The molecule has 2 aliphatic heterocycles. The third-order valence-corrected chi connectivity index (χ3v) is 4.06.